The molecule has 1 N–H and O–H groups in total. The molecule has 24 heavy (non-hydrogen) atoms. The van der Waals surface area contributed by atoms with E-state index in [9.17, 15) is 8.42 Å². The fraction of sp³-hybridized carbons (Fsp3) is 0. The zero-order valence-corrected chi connectivity index (χ0v) is 13.5. The largest absolute Gasteiger partial charge is 0.358 e. The Morgan fingerprint density at radius 1 is 0.833 bits per heavy atom. The van der Waals surface area contributed by atoms with E-state index in [1.54, 1.807) is 30.5 Å². The van der Waals surface area contributed by atoms with Gasteiger partial charge in [0.15, 0.2) is 11.9 Å². The number of hydrogen-bond donors (Lipinski definition) is 0. The number of rotatable bonds is 5. The topological polar surface area (TPSA) is 69.9 Å². The van der Waals surface area contributed by atoms with Crippen LogP contribution in [0.25, 0.3) is 0 Å². The van der Waals surface area contributed by atoms with Gasteiger partial charge in [-0.1, -0.05) is 53.7 Å². The average Bonchev–Trinajstić information content (AvgIpc) is 2.64. The third-order valence-corrected chi connectivity index (χ3v) is 4.39. The zero-order chi connectivity index (χ0) is 16.8. The summed E-state index contributed by atoms with van der Waals surface area (Å²) in [5.41, 5.74) is 1.78. The van der Waals surface area contributed by atoms with Crippen molar-refractivity contribution in [2.75, 3.05) is 0 Å². The van der Waals surface area contributed by atoms with Gasteiger partial charge in [-0.3, -0.25) is 4.28 Å². The highest BCUT2D eigenvalue weighted by atomic mass is 32.2. The molecular weight excluding hydrogens is 324 g/mol. The lowest BCUT2D eigenvalue weighted by Crippen LogP contribution is -2.18. The minimum Gasteiger partial charge on any atom is -0.264 e. The first-order valence-corrected chi connectivity index (χ1v) is 8.67. The molecule has 1 aromatic heterocycles. The molecule has 0 bridgehead atoms. The third-order valence-electron chi connectivity index (χ3n) is 3.27. The lowest BCUT2D eigenvalue weighted by molar-refractivity contribution is -0.380. The molecule has 0 fully saturated rings. The zero-order valence-electron chi connectivity index (χ0n) is 12.7. The van der Waals surface area contributed by atoms with Gasteiger partial charge in [-0.2, -0.15) is 8.42 Å². The van der Waals surface area contributed by atoms with E-state index < -0.39 is 10.1 Å². The minimum atomic E-state index is -3.97. The van der Waals surface area contributed by atoms with Crippen LogP contribution in [0.3, 0.4) is 0 Å². The molecule has 0 aliphatic rings. The number of nitrogens with one attached hydrogen (secondary N) is 1. The maximum atomic E-state index is 12.3. The second kappa shape index (κ2) is 7.06. The predicted octanol–water partition coefficient (Wildman–Crippen LogP) is 2.66. The normalized spacial score (nSPS) is 11.9. The SMILES string of the molecule is O=S(=O)(ON=C(c1ccccc1)c1cccc[nH+]1)c1ccccc1. The molecule has 6 heteroatoms. The van der Waals surface area contributed by atoms with Crippen molar-refractivity contribution in [3.63, 3.8) is 0 Å². The number of aromatic nitrogens is 1. The van der Waals surface area contributed by atoms with Gasteiger partial charge in [0.25, 0.3) is 0 Å². The maximum Gasteiger partial charge on any atom is 0.358 e. The van der Waals surface area contributed by atoms with E-state index in [4.69, 9.17) is 4.28 Å². The van der Waals surface area contributed by atoms with Gasteiger partial charge in [-0.15, -0.1) is 0 Å². The Bertz CT molecular complexity index is 884. The molecule has 0 radical (unpaired) electrons. The van der Waals surface area contributed by atoms with Gasteiger partial charge in [-0.25, -0.2) is 4.98 Å². The van der Waals surface area contributed by atoms with Crippen LogP contribution in [-0.2, 0) is 14.4 Å². The molecule has 5 nitrogen and oxygen atoms in total. The molecule has 3 aromatic rings. The first kappa shape index (κ1) is 15.9. The van der Waals surface area contributed by atoms with Crippen molar-refractivity contribution < 1.29 is 17.7 Å². The monoisotopic (exact) mass is 339 g/mol. The number of H-pyrrole nitrogens is 1. The van der Waals surface area contributed by atoms with Crippen LogP contribution in [-0.4, -0.2) is 14.1 Å². The smallest absolute Gasteiger partial charge is 0.264 e. The lowest BCUT2D eigenvalue weighted by Gasteiger charge is -2.04. The minimum absolute atomic E-state index is 0.0539. The molecule has 2 aromatic carbocycles. The summed E-state index contributed by atoms with van der Waals surface area (Å²) in [6.07, 6.45) is 1.74. The number of hydrogen-bond acceptors (Lipinski definition) is 4. The van der Waals surface area contributed by atoms with Gasteiger partial charge in [0.05, 0.1) is 0 Å². The Labute approximate surface area is 140 Å². The summed E-state index contributed by atoms with van der Waals surface area (Å²) in [7, 11) is -3.97. The molecule has 120 valence electrons. The summed E-state index contributed by atoms with van der Waals surface area (Å²) in [5, 5.41) is 3.91. The van der Waals surface area contributed by atoms with E-state index in [0.717, 1.165) is 5.56 Å². The maximum absolute atomic E-state index is 12.3. The summed E-state index contributed by atoms with van der Waals surface area (Å²) in [6.45, 7) is 0. The summed E-state index contributed by atoms with van der Waals surface area (Å²) >= 11 is 0. The van der Waals surface area contributed by atoms with E-state index >= 15 is 0 Å². The van der Waals surface area contributed by atoms with Gasteiger partial charge in [0, 0.05) is 17.7 Å². The van der Waals surface area contributed by atoms with Crippen molar-refractivity contribution in [2.45, 2.75) is 4.90 Å². The molecule has 3 rings (SSSR count). The van der Waals surface area contributed by atoms with E-state index in [0.29, 0.717) is 11.4 Å². The number of benzene rings is 2. The average molecular weight is 339 g/mol. The summed E-state index contributed by atoms with van der Waals surface area (Å²) in [4.78, 5) is 3.09. The van der Waals surface area contributed by atoms with Crippen molar-refractivity contribution in [1.82, 2.24) is 0 Å². The lowest BCUT2D eigenvalue weighted by atomic mass is 10.1. The first-order valence-electron chi connectivity index (χ1n) is 7.26. The van der Waals surface area contributed by atoms with E-state index in [-0.39, 0.29) is 4.90 Å². The Balaban J connectivity index is 1.99. The van der Waals surface area contributed by atoms with Gasteiger partial charge < -0.3 is 0 Å². The number of aromatic amines is 1. The van der Waals surface area contributed by atoms with Gasteiger partial charge in [0.2, 0.25) is 5.69 Å². The van der Waals surface area contributed by atoms with Crippen molar-refractivity contribution in [1.29, 1.82) is 0 Å². The molecule has 0 atom stereocenters. The van der Waals surface area contributed by atoms with Crippen molar-refractivity contribution >= 4 is 15.8 Å². The van der Waals surface area contributed by atoms with Crippen LogP contribution in [0.1, 0.15) is 11.3 Å². The van der Waals surface area contributed by atoms with Gasteiger partial charge in [-0.05, 0) is 18.2 Å². The Morgan fingerprint density at radius 2 is 1.46 bits per heavy atom. The number of pyridine rings is 1. The van der Waals surface area contributed by atoms with Crippen molar-refractivity contribution in [3.05, 3.63) is 96.3 Å². The molecule has 0 aliphatic carbocycles. The molecule has 0 unspecified atom stereocenters. The molecule has 0 spiro atoms. The highest BCUT2D eigenvalue weighted by Crippen LogP contribution is 2.14. The predicted molar refractivity (Wildman–Crippen MR) is 89.8 cm³/mol. The summed E-state index contributed by atoms with van der Waals surface area (Å²) in [5.74, 6) is 0. The highest BCUT2D eigenvalue weighted by molar-refractivity contribution is 7.86. The Morgan fingerprint density at radius 3 is 2.08 bits per heavy atom. The number of oxime groups is 1. The van der Waals surface area contributed by atoms with Crippen LogP contribution in [0.15, 0.2) is 95.1 Å². The molecule has 0 aliphatic heterocycles. The van der Waals surface area contributed by atoms with Gasteiger partial charge >= 0.3 is 10.1 Å². The second-order valence-electron chi connectivity index (χ2n) is 4.92. The highest BCUT2D eigenvalue weighted by Gasteiger charge is 2.19. The van der Waals surface area contributed by atoms with Crippen LogP contribution < -0.4 is 4.98 Å². The summed E-state index contributed by atoms with van der Waals surface area (Å²) in [6, 6.07) is 22.6. The molecule has 0 amide bonds. The molecule has 0 saturated heterocycles. The fourth-order valence-corrected chi connectivity index (χ4v) is 2.86. The Kier molecular flexibility index (Phi) is 4.67. The first-order chi connectivity index (χ1) is 11.7. The van der Waals surface area contributed by atoms with Crippen LogP contribution in [0.5, 0.6) is 0 Å². The molecule has 1 heterocycles. The molecular formula is C18H15N2O3S+. The van der Waals surface area contributed by atoms with Crippen molar-refractivity contribution in [3.8, 4) is 0 Å². The third kappa shape index (κ3) is 3.67. The quantitative estimate of drug-likeness (QED) is 0.530. The van der Waals surface area contributed by atoms with E-state index in [2.05, 4.69) is 10.1 Å². The standard InChI is InChI=1S/C18H14N2O3S/c21-24(22,16-11-5-2-6-12-16)23-20-18(15-9-3-1-4-10-15)17-13-7-8-14-19-17/h1-14H/p+1. The van der Waals surface area contributed by atoms with Crippen LogP contribution >= 0.6 is 0 Å². The second-order valence-corrected chi connectivity index (χ2v) is 6.45. The molecule has 0 saturated carbocycles. The van der Waals surface area contributed by atoms with Crippen LogP contribution in [0.4, 0.5) is 0 Å². The van der Waals surface area contributed by atoms with Crippen LogP contribution in [0, 0.1) is 0 Å². The summed E-state index contributed by atoms with van der Waals surface area (Å²) < 4.78 is 29.4. The van der Waals surface area contributed by atoms with Gasteiger partial charge in [0.1, 0.15) is 4.90 Å². The van der Waals surface area contributed by atoms with Crippen LogP contribution in [0.2, 0.25) is 0 Å². The van der Waals surface area contributed by atoms with E-state index in [1.807, 2.05) is 42.5 Å². The number of nitrogens with zero attached hydrogens (tertiary/aromatic N) is 1. The van der Waals surface area contributed by atoms with Crippen molar-refractivity contribution in [2.24, 2.45) is 5.16 Å². The Hall–Kier alpha value is -2.99. The fourth-order valence-electron chi connectivity index (χ4n) is 2.11. The van der Waals surface area contributed by atoms with E-state index in [1.165, 1.54) is 12.1 Å².